The highest BCUT2D eigenvalue weighted by atomic mass is 16.2. The summed E-state index contributed by atoms with van der Waals surface area (Å²) in [4.78, 5) is 18.0. The highest BCUT2D eigenvalue weighted by molar-refractivity contribution is 5.99. The number of nitrogens with two attached hydrogens (primary N) is 1. The van der Waals surface area contributed by atoms with E-state index in [2.05, 4.69) is 24.3 Å². The molecule has 0 atom stereocenters. The number of hydrogen-bond donors (Lipinski definition) is 2. The first-order chi connectivity index (χ1) is 8.15. The van der Waals surface area contributed by atoms with E-state index in [1.807, 2.05) is 7.05 Å². The van der Waals surface area contributed by atoms with Crippen molar-refractivity contribution in [1.29, 1.82) is 0 Å². The average Bonchev–Trinajstić information content (AvgIpc) is 2.39. The quantitative estimate of drug-likeness (QED) is 0.602. The Labute approximate surface area is 102 Å². The number of carbonyl (C=O) groups excluding carboxylic acids is 1. The zero-order valence-electron chi connectivity index (χ0n) is 10.6. The molecule has 1 amide bonds. The fourth-order valence-electron chi connectivity index (χ4n) is 1.88. The Balaban J connectivity index is 2.95. The Morgan fingerprint density at radius 3 is 2.71 bits per heavy atom. The number of hydrogen-bond acceptors (Lipinski definition) is 4. The molecule has 0 aliphatic heterocycles. The van der Waals surface area contributed by atoms with Gasteiger partial charge in [-0.1, -0.05) is 13.8 Å². The predicted molar refractivity (Wildman–Crippen MR) is 68.5 cm³/mol. The molecule has 1 rings (SSSR count). The number of rotatable bonds is 5. The zero-order valence-corrected chi connectivity index (χ0v) is 10.6. The average molecular weight is 236 g/mol. The smallest absolute Gasteiger partial charge is 0.257 e. The Hall–Kier alpha value is -1.62. The van der Waals surface area contributed by atoms with Crippen LogP contribution in [-0.2, 0) is 0 Å². The van der Waals surface area contributed by atoms with Gasteiger partial charge in [0.15, 0.2) is 0 Å². The van der Waals surface area contributed by atoms with E-state index in [0.29, 0.717) is 11.3 Å². The molecule has 1 aromatic rings. The molecular formula is C12H20N4O. The molecule has 1 aromatic heterocycles. The maximum Gasteiger partial charge on any atom is 0.257 e. The first-order valence-corrected chi connectivity index (χ1v) is 5.83. The Bertz CT molecular complexity index is 377. The van der Waals surface area contributed by atoms with Crippen molar-refractivity contribution in [2.45, 2.75) is 32.7 Å². The van der Waals surface area contributed by atoms with Gasteiger partial charge in [0.2, 0.25) is 0 Å². The summed E-state index contributed by atoms with van der Waals surface area (Å²) in [7, 11) is 1.81. The minimum Gasteiger partial charge on any atom is -0.339 e. The highest BCUT2D eigenvalue weighted by Crippen LogP contribution is 2.17. The third kappa shape index (κ3) is 2.94. The van der Waals surface area contributed by atoms with E-state index in [1.165, 1.54) is 6.20 Å². The number of hydrazine groups is 1. The molecule has 0 fully saturated rings. The molecule has 0 bridgehead atoms. The summed E-state index contributed by atoms with van der Waals surface area (Å²) in [5.74, 6) is 5.33. The zero-order chi connectivity index (χ0) is 12.8. The van der Waals surface area contributed by atoms with Crippen LogP contribution in [0.4, 0.5) is 5.69 Å². The lowest BCUT2D eigenvalue weighted by atomic mass is 10.1. The summed E-state index contributed by atoms with van der Waals surface area (Å²) < 4.78 is 0. The van der Waals surface area contributed by atoms with Crippen LogP contribution in [0.3, 0.4) is 0 Å². The number of aromatic nitrogens is 1. The molecule has 1 heterocycles. The second-order valence-corrected chi connectivity index (χ2v) is 3.95. The number of nitrogens with one attached hydrogen (secondary N) is 1. The van der Waals surface area contributed by atoms with Gasteiger partial charge in [-0.3, -0.25) is 15.6 Å². The van der Waals surface area contributed by atoms with Crippen LogP contribution in [0.15, 0.2) is 18.5 Å². The predicted octanol–water partition coefficient (Wildman–Crippen LogP) is 1.63. The first kappa shape index (κ1) is 13.4. The fourth-order valence-corrected chi connectivity index (χ4v) is 1.88. The van der Waals surface area contributed by atoms with Gasteiger partial charge in [0.05, 0.1) is 11.3 Å². The van der Waals surface area contributed by atoms with E-state index in [-0.39, 0.29) is 11.9 Å². The van der Waals surface area contributed by atoms with Gasteiger partial charge in [-0.05, 0) is 18.9 Å². The van der Waals surface area contributed by atoms with E-state index in [4.69, 9.17) is 5.84 Å². The van der Waals surface area contributed by atoms with Crippen LogP contribution >= 0.6 is 0 Å². The third-order valence-electron chi connectivity index (χ3n) is 3.02. The van der Waals surface area contributed by atoms with E-state index < -0.39 is 0 Å². The van der Waals surface area contributed by atoms with Crippen molar-refractivity contribution in [1.82, 2.24) is 9.88 Å². The van der Waals surface area contributed by atoms with E-state index in [9.17, 15) is 4.79 Å². The Morgan fingerprint density at radius 1 is 1.53 bits per heavy atom. The van der Waals surface area contributed by atoms with E-state index in [0.717, 1.165) is 12.8 Å². The van der Waals surface area contributed by atoms with E-state index in [1.54, 1.807) is 17.2 Å². The lowest BCUT2D eigenvalue weighted by Crippen LogP contribution is -2.36. The van der Waals surface area contributed by atoms with Gasteiger partial charge >= 0.3 is 0 Å². The number of nitrogens with zero attached hydrogens (tertiary/aromatic N) is 2. The van der Waals surface area contributed by atoms with Crippen LogP contribution in [-0.4, -0.2) is 28.9 Å². The van der Waals surface area contributed by atoms with E-state index >= 15 is 0 Å². The Kier molecular flexibility index (Phi) is 4.90. The first-order valence-electron chi connectivity index (χ1n) is 5.83. The molecule has 0 aliphatic carbocycles. The standard InChI is InChI=1S/C12H20N4O/c1-4-9(5-2)16(3)12(17)10-8-14-7-6-11(10)15-13/h6-9H,4-5,13H2,1-3H3,(H,14,15). The van der Waals surface area contributed by atoms with Crippen molar-refractivity contribution in [3.05, 3.63) is 24.0 Å². The van der Waals surface area contributed by atoms with Crippen molar-refractivity contribution < 1.29 is 4.79 Å². The Morgan fingerprint density at radius 2 is 2.18 bits per heavy atom. The summed E-state index contributed by atoms with van der Waals surface area (Å²) in [6, 6.07) is 1.93. The monoisotopic (exact) mass is 236 g/mol. The number of nitrogen functional groups attached to an aromatic ring is 1. The summed E-state index contributed by atoms with van der Waals surface area (Å²) in [6.07, 6.45) is 5.01. The number of amides is 1. The second kappa shape index (κ2) is 6.20. The molecule has 0 saturated carbocycles. The summed E-state index contributed by atoms with van der Waals surface area (Å²) >= 11 is 0. The van der Waals surface area contributed by atoms with Crippen LogP contribution in [0.2, 0.25) is 0 Å². The maximum absolute atomic E-state index is 12.3. The molecule has 0 spiro atoms. The summed E-state index contributed by atoms with van der Waals surface area (Å²) in [5, 5.41) is 0. The molecule has 5 heteroatoms. The molecule has 94 valence electrons. The number of carbonyl (C=O) groups is 1. The fraction of sp³-hybridized carbons (Fsp3) is 0.500. The van der Waals surface area contributed by atoms with Gasteiger partial charge in [0.1, 0.15) is 0 Å². The van der Waals surface area contributed by atoms with Gasteiger partial charge in [-0.25, -0.2) is 0 Å². The van der Waals surface area contributed by atoms with Crippen LogP contribution in [0.5, 0.6) is 0 Å². The van der Waals surface area contributed by atoms with Gasteiger partial charge < -0.3 is 10.3 Å². The van der Waals surface area contributed by atoms with Crippen molar-refractivity contribution in [2.24, 2.45) is 5.84 Å². The minimum atomic E-state index is -0.0558. The number of anilines is 1. The lowest BCUT2D eigenvalue weighted by Gasteiger charge is -2.26. The molecule has 0 saturated heterocycles. The molecular weight excluding hydrogens is 216 g/mol. The van der Waals surface area contributed by atoms with Crippen molar-refractivity contribution >= 4 is 11.6 Å². The van der Waals surface area contributed by atoms with Crippen LogP contribution in [0.1, 0.15) is 37.0 Å². The molecule has 0 aliphatic rings. The van der Waals surface area contributed by atoms with Gasteiger partial charge in [-0.2, -0.15) is 0 Å². The largest absolute Gasteiger partial charge is 0.339 e. The van der Waals surface area contributed by atoms with Gasteiger partial charge in [0, 0.05) is 25.5 Å². The van der Waals surface area contributed by atoms with Crippen molar-refractivity contribution in [3.63, 3.8) is 0 Å². The van der Waals surface area contributed by atoms with Crippen LogP contribution in [0, 0.1) is 0 Å². The minimum absolute atomic E-state index is 0.0558. The summed E-state index contributed by atoms with van der Waals surface area (Å²) in [6.45, 7) is 4.15. The summed E-state index contributed by atoms with van der Waals surface area (Å²) in [5.41, 5.74) is 3.62. The third-order valence-corrected chi connectivity index (χ3v) is 3.02. The van der Waals surface area contributed by atoms with Crippen molar-refractivity contribution in [3.8, 4) is 0 Å². The second-order valence-electron chi connectivity index (χ2n) is 3.95. The normalized spacial score (nSPS) is 10.4. The lowest BCUT2D eigenvalue weighted by molar-refractivity contribution is 0.0724. The maximum atomic E-state index is 12.3. The topological polar surface area (TPSA) is 71.2 Å². The molecule has 0 radical (unpaired) electrons. The van der Waals surface area contributed by atoms with Crippen molar-refractivity contribution in [2.75, 3.05) is 12.5 Å². The SMILES string of the molecule is CCC(CC)N(C)C(=O)c1cnccc1NN. The van der Waals surface area contributed by atoms with Gasteiger partial charge in [-0.15, -0.1) is 0 Å². The molecule has 0 unspecified atom stereocenters. The molecule has 5 nitrogen and oxygen atoms in total. The highest BCUT2D eigenvalue weighted by Gasteiger charge is 2.20. The molecule has 17 heavy (non-hydrogen) atoms. The van der Waals surface area contributed by atoms with Crippen LogP contribution in [0.25, 0.3) is 0 Å². The number of pyridine rings is 1. The molecule has 3 N–H and O–H groups in total. The molecule has 0 aromatic carbocycles. The van der Waals surface area contributed by atoms with Gasteiger partial charge in [0.25, 0.3) is 5.91 Å². The van der Waals surface area contributed by atoms with Crippen LogP contribution < -0.4 is 11.3 Å².